The molecule has 0 aliphatic heterocycles. The summed E-state index contributed by atoms with van der Waals surface area (Å²) in [7, 11) is 0. The van der Waals surface area contributed by atoms with Gasteiger partial charge in [-0.15, -0.1) is 0 Å². The zero-order valence-corrected chi connectivity index (χ0v) is 16.3. The van der Waals surface area contributed by atoms with Gasteiger partial charge in [0.15, 0.2) is 0 Å². The summed E-state index contributed by atoms with van der Waals surface area (Å²) in [4.78, 5) is 12.3. The van der Waals surface area contributed by atoms with Gasteiger partial charge < -0.3 is 0 Å². The summed E-state index contributed by atoms with van der Waals surface area (Å²) in [6, 6.07) is 23.7. The molecule has 27 heavy (non-hydrogen) atoms. The zero-order valence-electron chi connectivity index (χ0n) is 14.7. The quantitative estimate of drug-likeness (QED) is 0.254. The fourth-order valence-corrected chi connectivity index (χ4v) is 3.60. The van der Waals surface area contributed by atoms with Crippen molar-refractivity contribution in [3.63, 3.8) is 0 Å². The fourth-order valence-electron chi connectivity index (χ4n) is 3.34. The number of benzene rings is 4. The van der Waals surface area contributed by atoms with E-state index in [-0.39, 0.29) is 5.91 Å². The number of nitrogens with one attached hydrogen (secondary N) is 1. The Kier molecular flexibility index (Phi) is 4.73. The van der Waals surface area contributed by atoms with Crippen LogP contribution in [-0.4, -0.2) is 12.1 Å². The minimum Gasteiger partial charge on any atom is -0.267 e. The third kappa shape index (κ3) is 3.36. The molecule has 4 aromatic carbocycles. The van der Waals surface area contributed by atoms with Crippen LogP contribution >= 0.6 is 15.9 Å². The van der Waals surface area contributed by atoms with E-state index in [0.717, 1.165) is 20.8 Å². The predicted molar refractivity (Wildman–Crippen MR) is 115 cm³/mol. The monoisotopic (exact) mass is 416 g/mol. The van der Waals surface area contributed by atoms with E-state index < -0.39 is 0 Å². The van der Waals surface area contributed by atoms with Gasteiger partial charge in [0.2, 0.25) is 0 Å². The lowest BCUT2D eigenvalue weighted by atomic mass is 9.93. The molecular weight excluding hydrogens is 400 g/mol. The lowest BCUT2D eigenvalue weighted by molar-refractivity contribution is 0.0955. The smallest absolute Gasteiger partial charge is 0.267 e. The Morgan fingerprint density at radius 2 is 1.37 bits per heavy atom. The fraction of sp³-hybridized carbons (Fsp3) is 0.0435. The van der Waals surface area contributed by atoms with Gasteiger partial charge in [-0.2, -0.15) is 5.10 Å². The summed E-state index contributed by atoms with van der Waals surface area (Å²) >= 11 is 3.37. The SMILES string of the molecule is Cc1c2ccccc2c(/C=N/NC(=O)c2ccc(Br)cc2)c2ccccc12. The van der Waals surface area contributed by atoms with Crippen LogP contribution in [0.2, 0.25) is 0 Å². The van der Waals surface area contributed by atoms with Crippen LogP contribution in [0.15, 0.2) is 82.4 Å². The van der Waals surface area contributed by atoms with Gasteiger partial charge in [0.1, 0.15) is 0 Å². The largest absolute Gasteiger partial charge is 0.271 e. The van der Waals surface area contributed by atoms with Crippen molar-refractivity contribution in [2.45, 2.75) is 6.92 Å². The van der Waals surface area contributed by atoms with E-state index in [1.54, 1.807) is 18.3 Å². The molecule has 0 aliphatic rings. The van der Waals surface area contributed by atoms with Crippen LogP contribution in [0.1, 0.15) is 21.5 Å². The molecule has 0 saturated heterocycles. The average molecular weight is 417 g/mol. The van der Waals surface area contributed by atoms with Gasteiger partial charge in [-0.05, 0) is 58.3 Å². The first-order valence-electron chi connectivity index (χ1n) is 8.64. The number of aryl methyl sites for hydroxylation is 1. The number of rotatable bonds is 3. The molecular formula is C23H17BrN2O. The number of halogens is 1. The molecule has 0 bridgehead atoms. The van der Waals surface area contributed by atoms with E-state index in [1.807, 2.05) is 36.4 Å². The molecule has 3 nitrogen and oxygen atoms in total. The Morgan fingerprint density at radius 1 is 0.852 bits per heavy atom. The highest BCUT2D eigenvalue weighted by atomic mass is 79.9. The van der Waals surface area contributed by atoms with Crippen molar-refractivity contribution in [1.82, 2.24) is 5.43 Å². The Bertz CT molecular complexity index is 1120. The lowest BCUT2D eigenvalue weighted by Crippen LogP contribution is -2.17. The molecule has 4 rings (SSSR count). The molecule has 0 aromatic heterocycles. The molecule has 0 saturated carbocycles. The highest BCUT2D eigenvalue weighted by Crippen LogP contribution is 2.31. The summed E-state index contributed by atoms with van der Waals surface area (Å²) in [5.41, 5.74) is 5.44. The standard InChI is InChI=1S/C23H17BrN2O/c1-15-18-6-2-4-8-20(18)22(21-9-5-3-7-19(15)21)14-25-26-23(27)16-10-12-17(24)13-11-16/h2-14H,1H3,(H,26,27)/b25-14+. The van der Waals surface area contributed by atoms with Gasteiger partial charge in [-0.3, -0.25) is 4.79 Å². The maximum Gasteiger partial charge on any atom is 0.271 e. The minimum absolute atomic E-state index is 0.237. The van der Waals surface area contributed by atoms with Crippen LogP contribution in [-0.2, 0) is 0 Å². The van der Waals surface area contributed by atoms with Gasteiger partial charge in [-0.1, -0.05) is 64.5 Å². The molecule has 0 heterocycles. The molecule has 0 spiro atoms. The first-order valence-corrected chi connectivity index (χ1v) is 9.43. The van der Waals surface area contributed by atoms with E-state index in [9.17, 15) is 4.79 Å². The summed E-state index contributed by atoms with van der Waals surface area (Å²) in [5, 5.41) is 8.86. The summed E-state index contributed by atoms with van der Waals surface area (Å²) in [6.45, 7) is 2.14. The third-order valence-electron chi connectivity index (χ3n) is 4.71. The highest BCUT2D eigenvalue weighted by Gasteiger charge is 2.10. The number of carbonyl (C=O) groups excluding carboxylic acids is 1. The number of hydrogen-bond acceptors (Lipinski definition) is 2. The maximum atomic E-state index is 12.3. The van der Waals surface area contributed by atoms with Crippen LogP contribution in [0.5, 0.6) is 0 Å². The van der Waals surface area contributed by atoms with Crippen molar-refractivity contribution >= 4 is 49.6 Å². The maximum absolute atomic E-state index is 12.3. The van der Waals surface area contributed by atoms with Crippen LogP contribution in [0.25, 0.3) is 21.5 Å². The number of nitrogens with zero attached hydrogens (tertiary/aromatic N) is 1. The van der Waals surface area contributed by atoms with Gasteiger partial charge in [0.25, 0.3) is 5.91 Å². The topological polar surface area (TPSA) is 41.5 Å². The van der Waals surface area contributed by atoms with Crippen molar-refractivity contribution in [2.24, 2.45) is 5.10 Å². The molecule has 1 amide bonds. The number of fused-ring (bicyclic) bond motifs is 2. The highest BCUT2D eigenvalue weighted by molar-refractivity contribution is 9.10. The minimum atomic E-state index is -0.237. The van der Waals surface area contributed by atoms with Crippen LogP contribution in [0.4, 0.5) is 0 Å². The van der Waals surface area contributed by atoms with E-state index in [2.05, 4.69) is 57.6 Å². The Morgan fingerprint density at radius 3 is 1.93 bits per heavy atom. The number of amides is 1. The van der Waals surface area contributed by atoms with Gasteiger partial charge in [0, 0.05) is 15.6 Å². The first kappa shape index (κ1) is 17.4. The van der Waals surface area contributed by atoms with Crippen molar-refractivity contribution < 1.29 is 4.79 Å². The Hall–Kier alpha value is -2.98. The molecule has 0 atom stereocenters. The van der Waals surface area contributed by atoms with E-state index in [4.69, 9.17) is 0 Å². The van der Waals surface area contributed by atoms with Crippen LogP contribution in [0, 0.1) is 6.92 Å². The number of hydrazone groups is 1. The van der Waals surface area contributed by atoms with Crippen molar-refractivity contribution in [2.75, 3.05) is 0 Å². The normalized spacial score (nSPS) is 11.3. The van der Waals surface area contributed by atoms with Gasteiger partial charge >= 0.3 is 0 Å². The van der Waals surface area contributed by atoms with Crippen LogP contribution < -0.4 is 5.43 Å². The average Bonchev–Trinajstić information content (AvgIpc) is 2.71. The molecule has 0 fully saturated rings. The molecule has 4 heteroatoms. The van der Waals surface area contributed by atoms with E-state index >= 15 is 0 Å². The molecule has 132 valence electrons. The second-order valence-corrected chi connectivity index (χ2v) is 7.25. The summed E-state index contributed by atoms with van der Waals surface area (Å²) in [6.07, 6.45) is 1.74. The lowest BCUT2D eigenvalue weighted by Gasteiger charge is -2.11. The molecule has 1 N–H and O–H groups in total. The zero-order chi connectivity index (χ0) is 18.8. The molecule has 0 unspecified atom stereocenters. The van der Waals surface area contributed by atoms with Crippen molar-refractivity contribution in [1.29, 1.82) is 0 Å². The molecule has 0 radical (unpaired) electrons. The second-order valence-electron chi connectivity index (χ2n) is 6.34. The van der Waals surface area contributed by atoms with Crippen molar-refractivity contribution in [3.05, 3.63) is 94.0 Å². The number of hydrogen-bond donors (Lipinski definition) is 1. The summed E-state index contributed by atoms with van der Waals surface area (Å²) < 4.78 is 0.931. The van der Waals surface area contributed by atoms with Crippen LogP contribution in [0.3, 0.4) is 0 Å². The summed E-state index contributed by atoms with van der Waals surface area (Å²) in [5.74, 6) is -0.237. The van der Waals surface area contributed by atoms with E-state index in [1.165, 1.54) is 16.3 Å². The van der Waals surface area contributed by atoms with Crippen molar-refractivity contribution in [3.8, 4) is 0 Å². The van der Waals surface area contributed by atoms with Gasteiger partial charge in [0.05, 0.1) is 6.21 Å². The van der Waals surface area contributed by atoms with Gasteiger partial charge in [-0.25, -0.2) is 5.43 Å². The molecule has 0 aliphatic carbocycles. The molecule has 4 aromatic rings. The van der Waals surface area contributed by atoms with E-state index in [0.29, 0.717) is 5.56 Å². The Labute approximate surface area is 165 Å². The third-order valence-corrected chi connectivity index (χ3v) is 5.24. The Balaban J connectivity index is 1.74. The first-order chi connectivity index (χ1) is 13.1. The predicted octanol–water partition coefficient (Wildman–Crippen LogP) is 5.83. The second kappa shape index (κ2) is 7.33. The number of carbonyl (C=O) groups is 1.